The first-order chi connectivity index (χ1) is 9.65. The van der Waals surface area contributed by atoms with E-state index in [0.29, 0.717) is 5.75 Å². The van der Waals surface area contributed by atoms with Crippen molar-refractivity contribution in [3.8, 4) is 11.5 Å². The minimum absolute atomic E-state index is 0.0447. The number of ether oxygens (including phenoxy) is 1. The maximum Gasteiger partial charge on any atom is 0.185 e. The summed E-state index contributed by atoms with van der Waals surface area (Å²) in [5.41, 5.74) is 7.64. The van der Waals surface area contributed by atoms with E-state index in [4.69, 9.17) is 10.5 Å². The van der Waals surface area contributed by atoms with Gasteiger partial charge in [0.05, 0.1) is 11.2 Å². The average molecular weight is 268 g/mol. The number of hydrogen-bond donors (Lipinski definition) is 1. The lowest BCUT2D eigenvalue weighted by Gasteiger charge is -2.12. The number of aromatic nitrogens is 1. The molecule has 3 nitrogen and oxygen atoms in total. The molecule has 3 aromatic rings. The number of fused-ring (bicyclic) bond motifs is 1. The number of aryl methyl sites for hydroxylation is 1. The molecule has 0 spiro atoms. The molecule has 0 unspecified atom stereocenters. The Morgan fingerprint density at radius 2 is 1.90 bits per heavy atom. The van der Waals surface area contributed by atoms with Crippen LogP contribution in [0.25, 0.3) is 10.9 Å². The highest BCUT2D eigenvalue weighted by Crippen LogP contribution is 2.34. The highest BCUT2D eigenvalue weighted by molar-refractivity contribution is 5.85. The normalized spacial score (nSPS) is 10.7. The summed E-state index contributed by atoms with van der Waals surface area (Å²) in [7, 11) is 0. The molecular formula is C16H13FN2O. The molecule has 0 radical (unpaired) electrons. The summed E-state index contributed by atoms with van der Waals surface area (Å²) in [6, 6.07) is 13.8. The smallest absolute Gasteiger partial charge is 0.185 e. The van der Waals surface area contributed by atoms with Gasteiger partial charge in [-0.2, -0.15) is 0 Å². The van der Waals surface area contributed by atoms with Gasteiger partial charge in [0.1, 0.15) is 5.75 Å². The third-order valence-electron chi connectivity index (χ3n) is 3.02. The molecule has 0 aliphatic carbocycles. The van der Waals surface area contributed by atoms with Crippen LogP contribution in [0.1, 0.15) is 5.69 Å². The molecule has 2 N–H and O–H groups in total. The molecule has 100 valence electrons. The molecule has 1 aromatic heterocycles. The molecule has 0 saturated carbocycles. The Morgan fingerprint density at radius 3 is 2.70 bits per heavy atom. The predicted molar refractivity (Wildman–Crippen MR) is 77.4 cm³/mol. The van der Waals surface area contributed by atoms with Crippen LogP contribution in [0.4, 0.5) is 10.1 Å². The van der Waals surface area contributed by atoms with E-state index >= 15 is 0 Å². The van der Waals surface area contributed by atoms with E-state index in [1.807, 2.05) is 31.2 Å². The number of anilines is 1. The first-order valence-corrected chi connectivity index (χ1v) is 6.23. The van der Waals surface area contributed by atoms with E-state index in [1.165, 1.54) is 6.07 Å². The number of nitrogen functional groups attached to an aromatic ring is 1. The number of para-hydroxylation sites is 2. The molecule has 0 aliphatic rings. The maximum absolute atomic E-state index is 13.8. The SMILES string of the molecule is Cc1cc(Oc2c(N)cccc2F)c2ccccc2n1. The Labute approximate surface area is 115 Å². The van der Waals surface area contributed by atoms with Gasteiger partial charge >= 0.3 is 0 Å². The van der Waals surface area contributed by atoms with Gasteiger partial charge in [-0.05, 0) is 31.2 Å². The Bertz CT molecular complexity index is 766. The number of pyridine rings is 1. The molecule has 3 rings (SSSR count). The summed E-state index contributed by atoms with van der Waals surface area (Å²) in [5, 5.41) is 0.820. The second-order valence-corrected chi connectivity index (χ2v) is 4.54. The minimum Gasteiger partial charge on any atom is -0.451 e. The number of hydrogen-bond acceptors (Lipinski definition) is 3. The summed E-state index contributed by atoms with van der Waals surface area (Å²) in [6.07, 6.45) is 0. The first kappa shape index (κ1) is 12.4. The summed E-state index contributed by atoms with van der Waals surface area (Å²) < 4.78 is 19.5. The van der Waals surface area contributed by atoms with Crippen molar-refractivity contribution in [3.63, 3.8) is 0 Å². The monoisotopic (exact) mass is 268 g/mol. The van der Waals surface area contributed by atoms with Gasteiger partial charge in [-0.1, -0.05) is 18.2 Å². The van der Waals surface area contributed by atoms with Gasteiger partial charge in [-0.3, -0.25) is 4.98 Å². The van der Waals surface area contributed by atoms with Crippen molar-refractivity contribution in [2.24, 2.45) is 0 Å². The van der Waals surface area contributed by atoms with Gasteiger partial charge in [-0.15, -0.1) is 0 Å². The summed E-state index contributed by atoms with van der Waals surface area (Å²) in [4.78, 5) is 4.42. The van der Waals surface area contributed by atoms with E-state index in [9.17, 15) is 4.39 Å². The van der Waals surface area contributed by atoms with Crippen LogP contribution in [-0.2, 0) is 0 Å². The maximum atomic E-state index is 13.8. The Kier molecular flexibility index (Phi) is 2.99. The van der Waals surface area contributed by atoms with Crippen LogP contribution < -0.4 is 10.5 Å². The molecule has 0 saturated heterocycles. The highest BCUT2D eigenvalue weighted by atomic mass is 19.1. The van der Waals surface area contributed by atoms with Crippen LogP contribution in [0.15, 0.2) is 48.5 Å². The van der Waals surface area contributed by atoms with E-state index in [0.717, 1.165) is 16.6 Å². The highest BCUT2D eigenvalue weighted by Gasteiger charge is 2.11. The van der Waals surface area contributed by atoms with Gasteiger partial charge in [0.15, 0.2) is 11.6 Å². The predicted octanol–water partition coefficient (Wildman–Crippen LogP) is 4.06. The van der Waals surface area contributed by atoms with Crippen molar-refractivity contribution >= 4 is 16.6 Å². The minimum atomic E-state index is -0.483. The molecule has 0 aliphatic heterocycles. The van der Waals surface area contributed by atoms with Gasteiger partial charge in [0.25, 0.3) is 0 Å². The molecular weight excluding hydrogens is 255 g/mol. The van der Waals surface area contributed by atoms with Crippen LogP contribution >= 0.6 is 0 Å². The Balaban J connectivity index is 2.16. The van der Waals surface area contributed by atoms with Gasteiger partial charge in [-0.25, -0.2) is 4.39 Å². The second kappa shape index (κ2) is 4.81. The van der Waals surface area contributed by atoms with Crippen molar-refractivity contribution in [3.05, 3.63) is 60.0 Å². The third kappa shape index (κ3) is 2.16. The van der Waals surface area contributed by atoms with Crippen LogP contribution in [0, 0.1) is 12.7 Å². The lowest BCUT2D eigenvalue weighted by Crippen LogP contribution is -1.96. The lowest BCUT2D eigenvalue weighted by molar-refractivity contribution is 0.448. The number of benzene rings is 2. The zero-order chi connectivity index (χ0) is 14.1. The average Bonchev–Trinajstić information content (AvgIpc) is 2.42. The van der Waals surface area contributed by atoms with Gasteiger partial charge in [0.2, 0.25) is 0 Å². The third-order valence-corrected chi connectivity index (χ3v) is 3.02. The molecule has 0 bridgehead atoms. The molecule has 0 amide bonds. The largest absolute Gasteiger partial charge is 0.451 e. The molecule has 1 heterocycles. The first-order valence-electron chi connectivity index (χ1n) is 6.23. The topological polar surface area (TPSA) is 48.1 Å². The van der Waals surface area contributed by atoms with Crippen LogP contribution in [0.5, 0.6) is 11.5 Å². The summed E-state index contributed by atoms with van der Waals surface area (Å²) in [5.74, 6) is 0.108. The fourth-order valence-corrected chi connectivity index (χ4v) is 2.10. The zero-order valence-corrected chi connectivity index (χ0v) is 10.9. The van der Waals surface area contributed by atoms with E-state index in [2.05, 4.69) is 4.98 Å². The van der Waals surface area contributed by atoms with Crippen LogP contribution in [0.2, 0.25) is 0 Å². The fraction of sp³-hybridized carbons (Fsp3) is 0.0625. The molecule has 2 aromatic carbocycles. The second-order valence-electron chi connectivity index (χ2n) is 4.54. The quantitative estimate of drug-likeness (QED) is 0.713. The number of nitrogens with two attached hydrogens (primary N) is 1. The van der Waals surface area contributed by atoms with Crippen LogP contribution in [0.3, 0.4) is 0 Å². The van der Waals surface area contributed by atoms with Crippen molar-refractivity contribution in [2.45, 2.75) is 6.92 Å². The molecule has 4 heteroatoms. The number of halogens is 1. The van der Waals surface area contributed by atoms with Crippen LogP contribution in [-0.4, -0.2) is 4.98 Å². The molecule has 0 atom stereocenters. The standard InChI is InChI=1S/C16H13FN2O/c1-10-9-15(11-5-2-3-8-14(11)19-10)20-16-12(17)6-4-7-13(16)18/h2-9H,18H2,1H3. The molecule has 20 heavy (non-hydrogen) atoms. The summed E-state index contributed by atoms with van der Waals surface area (Å²) >= 11 is 0. The number of nitrogens with zero attached hydrogens (tertiary/aromatic N) is 1. The van der Waals surface area contributed by atoms with E-state index in [-0.39, 0.29) is 11.4 Å². The zero-order valence-electron chi connectivity index (χ0n) is 10.9. The van der Waals surface area contributed by atoms with Crippen molar-refractivity contribution < 1.29 is 9.13 Å². The van der Waals surface area contributed by atoms with Crippen molar-refractivity contribution in [1.82, 2.24) is 4.98 Å². The van der Waals surface area contributed by atoms with E-state index in [1.54, 1.807) is 18.2 Å². The van der Waals surface area contributed by atoms with Gasteiger partial charge < -0.3 is 10.5 Å². The lowest BCUT2D eigenvalue weighted by atomic mass is 10.2. The Morgan fingerprint density at radius 1 is 1.10 bits per heavy atom. The van der Waals surface area contributed by atoms with Crippen molar-refractivity contribution in [2.75, 3.05) is 5.73 Å². The Hall–Kier alpha value is -2.62. The van der Waals surface area contributed by atoms with E-state index < -0.39 is 5.82 Å². The summed E-state index contributed by atoms with van der Waals surface area (Å²) in [6.45, 7) is 1.87. The fourth-order valence-electron chi connectivity index (χ4n) is 2.10. The van der Waals surface area contributed by atoms with Gasteiger partial charge in [0, 0.05) is 17.1 Å². The number of rotatable bonds is 2. The molecule has 0 fully saturated rings. The van der Waals surface area contributed by atoms with Crippen molar-refractivity contribution in [1.29, 1.82) is 0 Å².